The van der Waals surface area contributed by atoms with Crippen LogP contribution in [0.3, 0.4) is 0 Å². The Labute approximate surface area is 164 Å². The molecule has 1 aromatic carbocycles. The Morgan fingerprint density at radius 2 is 1.82 bits per heavy atom. The minimum Gasteiger partial charge on any atom is -0.355 e. The molecule has 3 aromatic rings. The molecular formula is C22H23N5O. The van der Waals surface area contributed by atoms with Gasteiger partial charge in [0.05, 0.1) is 11.3 Å². The average Bonchev–Trinajstić information content (AvgIpc) is 2.76. The zero-order valence-electron chi connectivity index (χ0n) is 15.9. The van der Waals surface area contributed by atoms with Crippen LogP contribution >= 0.6 is 0 Å². The highest BCUT2D eigenvalue weighted by Gasteiger charge is 2.17. The Hall–Kier alpha value is -3.28. The van der Waals surface area contributed by atoms with E-state index >= 15 is 0 Å². The van der Waals surface area contributed by atoms with Crippen LogP contribution in [0.1, 0.15) is 30.1 Å². The van der Waals surface area contributed by atoms with Gasteiger partial charge in [-0.3, -0.25) is 9.78 Å². The summed E-state index contributed by atoms with van der Waals surface area (Å²) >= 11 is 0. The molecule has 1 aliphatic heterocycles. The van der Waals surface area contributed by atoms with Gasteiger partial charge >= 0.3 is 0 Å². The SMILES string of the molecule is CC1CCN(c2ccc(-c3ccc(NC(=O)c4cccnc4)cc3)nn2)CC1. The highest BCUT2D eigenvalue weighted by molar-refractivity contribution is 6.04. The molecule has 0 aliphatic carbocycles. The van der Waals surface area contributed by atoms with Crippen LogP contribution in [0.4, 0.5) is 11.5 Å². The zero-order valence-corrected chi connectivity index (χ0v) is 15.9. The summed E-state index contributed by atoms with van der Waals surface area (Å²) in [4.78, 5) is 18.5. The molecule has 0 saturated carbocycles. The lowest BCUT2D eigenvalue weighted by Crippen LogP contribution is -2.33. The highest BCUT2D eigenvalue weighted by atomic mass is 16.1. The lowest BCUT2D eigenvalue weighted by Gasteiger charge is -2.30. The molecule has 1 N–H and O–H groups in total. The van der Waals surface area contributed by atoms with E-state index in [4.69, 9.17) is 0 Å². The number of carbonyl (C=O) groups is 1. The number of carbonyl (C=O) groups excluding carboxylic acids is 1. The molecule has 6 heteroatoms. The largest absolute Gasteiger partial charge is 0.355 e. The van der Waals surface area contributed by atoms with Crippen molar-refractivity contribution in [3.63, 3.8) is 0 Å². The van der Waals surface area contributed by atoms with E-state index in [-0.39, 0.29) is 5.91 Å². The van der Waals surface area contributed by atoms with Gasteiger partial charge in [-0.05, 0) is 55.2 Å². The highest BCUT2D eigenvalue weighted by Crippen LogP contribution is 2.24. The molecule has 1 aliphatic rings. The van der Waals surface area contributed by atoms with E-state index in [1.54, 1.807) is 24.5 Å². The number of amides is 1. The quantitative estimate of drug-likeness (QED) is 0.748. The lowest BCUT2D eigenvalue weighted by atomic mass is 9.99. The van der Waals surface area contributed by atoms with Crippen molar-refractivity contribution in [1.29, 1.82) is 0 Å². The lowest BCUT2D eigenvalue weighted by molar-refractivity contribution is 0.102. The summed E-state index contributed by atoms with van der Waals surface area (Å²) in [6, 6.07) is 15.1. The molecule has 28 heavy (non-hydrogen) atoms. The van der Waals surface area contributed by atoms with Gasteiger partial charge in [-0.25, -0.2) is 0 Å². The molecule has 0 radical (unpaired) electrons. The van der Waals surface area contributed by atoms with Crippen LogP contribution in [0.15, 0.2) is 60.9 Å². The fourth-order valence-corrected chi connectivity index (χ4v) is 3.31. The van der Waals surface area contributed by atoms with Crippen molar-refractivity contribution in [2.24, 2.45) is 5.92 Å². The molecule has 1 amide bonds. The average molecular weight is 373 g/mol. The Morgan fingerprint density at radius 3 is 2.46 bits per heavy atom. The van der Waals surface area contributed by atoms with Crippen molar-refractivity contribution in [2.75, 3.05) is 23.3 Å². The maximum absolute atomic E-state index is 12.2. The summed E-state index contributed by atoms with van der Waals surface area (Å²) in [7, 11) is 0. The normalized spacial score (nSPS) is 14.7. The van der Waals surface area contributed by atoms with E-state index < -0.39 is 0 Å². The van der Waals surface area contributed by atoms with Crippen molar-refractivity contribution >= 4 is 17.4 Å². The molecule has 0 spiro atoms. The summed E-state index contributed by atoms with van der Waals surface area (Å²) in [6.07, 6.45) is 5.60. The van der Waals surface area contributed by atoms with Crippen LogP contribution in [-0.2, 0) is 0 Å². The first-order valence-electron chi connectivity index (χ1n) is 9.59. The van der Waals surface area contributed by atoms with Crippen LogP contribution in [0.25, 0.3) is 11.3 Å². The van der Waals surface area contributed by atoms with E-state index in [0.29, 0.717) is 5.56 Å². The van der Waals surface area contributed by atoms with Crippen molar-refractivity contribution in [1.82, 2.24) is 15.2 Å². The molecule has 3 heterocycles. The van der Waals surface area contributed by atoms with E-state index in [1.165, 1.54) is 12.8 Å². The minimum absolute atomic E-state index is 0.180. The Balaban J connectivity index is 1.41. The number of anilines is 2. The fraction of sp³-hybridized carbons (Fsp3) is 0.273. The molecule has 1 fully saturated rings. The third-order valence-corrected chi connectivity index (χ3v) is 5.12. The van der Waals surface area contributed by atoms with Crippen molar-refractivity contribution in [3.05, 3.63) is 66.5 Å². The predicted octanol–water partition coefficient (Wildman–Crippen LogP) is 4.03. The second-order valence-corrected chi connectivity index (χ2v) is 7.22. The standard InChI is InChI=1S/C22H23N5O/c1-16-10-13-27(14-11-16)21-9-8-20(25-26-21)17-4-6-19(7-5-17)24-22(28)18-3-2-12-23-15-18/h2-9,12,15-16H,10-11,13-14H2,1H3,(H,24,28). The molecule has 1 saturated heterocycles. The van der Waals surface area contributed by atoms with Gasteiger partial charge in [0.25, 0.3) is 5.91 Å². The summed E-state index contributed by atoms with van der Waals surface area (Å²) in [5, 5.41) is 11.7. The van der Waals surface area contributed by atoms with Crippen molar-refractivity contribution < 1.29 is 4.79 Å². The number of rotatable bonds is 4. The molecule has 0 bridgehead atoms. The van der Waals surface area contributed by atoms with E-state index in [0.717, 1.165) is 41.8 Å². The van der Waals surface area contributed by atoms with Gasteiger partial charge in [0.1, 0.15) is 0 Å². The first-order chi connectivity index (χ1) is 13.7. The molecule has 142 valence electrons. The number of nitrogens with one attached hydrogen (secondary N) is 1. The summed E-state index contributed by atoms with van der Waals surface area (Å²) in [5.74, 6) is 1.55. The molecule has 0 unspecified atom stereocenters. The monoisotopic (exact) mass is 373 g/mol. The van der Waals surface area contributed by atoms with Crippen LogP contribution in [0, 0.1) is 5.92 Å². The molecule has 0 atom stereocenters. The third-order valence-electron chi connectivity index (χ3n) is 5.12. The smallest absolute Gasteiger partial charge is 0.257 e. The Kier molecular flexibility index (Phi) is 5.28. The summed E-state index contributed by atoms with van der Waals surface area (Å²) in [5.41, 5.74) is 3.04. The van der Waals surface area contributed by atoms with E-state index in [9.17, 15) is 4.79 Å². The number of hydrogen-bond acceptors (Lipinski definition) is 5. The summed E-state index contributed by atoms with van der Waals surface area (Å²) in [6.45, 7) is 4.38. The van der Waals surface area contributed by atoms with Crippen LogP contribution in [0.2, 0.25) is 0 Å². The molecular weight excluding hydrogens is 350 g/mol. The van der Waals surface area contributed by atoms with E-state index in [2.05, 4.69) is 32.3 Å². The second kappa shape index (κ2) is 8.17. The Bertz CT molecular complexity index is 917. The van der Waals surface area contributed by atoms with Gasteiger partial charge < -0.3 is 10.2 Å². The van der Waals surface area contributed by atoms with Gasteiger partial charge in [-0.1, -0.05) is 19.1 Å². The van der Waals surface area contributed by atoms with Crippen LogP contribution < -0.4 is 10.2 Å². The third kappa shape index (κ3) is 4.17. The number of nitrogens with zero attached hydrogens (tertiary/aromatic N) is 4. The van der Waals surface area contributed by atoms with Crippen molar-refractivity contribution in [2.45, 2.75) is 19.8 Å². The maximum Gasteiger partial charge on any atom is 0.257 e. The summed E-state index contributed by atoms with van der Waals surface area (Å²) < 4.78 is 0. The van der Waals surface area contributed by atoms with Crippen LogP contribution in [0.5, 0.6) is 0 Å². The Morgan fingerprint density at radius 1 is 1.04 bits per heavy atom. The van der Waals surface area contributed by atoms with Gasteiger partial charge in [0.2, 0.25) is 0 Å². The van der Waals surface area contributed by atoms with Crippen LogP contribution in [-0.4, -0.2) is 34.2 Å². The number of piperidine rings is 1. The number of pyridine rings is 1. The predicted molar refractivity (Wildman–Crippen MR) is 110 cm³/mol. The van der Waals surface area contributed by atoms with Gasteiger partial charge in [0, 0.05) is 36.7 Å². The van der Waals surface area contributed by atoms with Gasteiger partial charge in [-0.2, -0.15) is 0 Å². The van der Waals surface area contributed by atoms with Crippen molar-refractivity contribution in [3.8, 4) is 11.3 Å². The van der Waals surface area contributed by atoms with E-state index in [1.807, 2.05) is 36.4 Å². The maximum atomic E-state index is 12.2. The fourth-order valence-electron chi connectivity index (χ4n) is 3.31. The first kappa shape index (κ1) is 18.1. The molecule has 2 aromatic heterocycles. The number of aromatic nitrogens is 3. The topological polar surface area (TPSA) is 71.0 Å². The van der Waals surface area contributed by atoms with Gasteiger partial charge in [0.15, 0.2) is 5.82 Å². The second-order valence-electron chi connectivity index (χ2n) is 7.22. The number of benzene rings is 1. The first-order valence-corrected chi connectivity index (χ1v) is 9.59. The zero-order chi connectivity index (χ0) is 19.3. The van der Waals surface area contributed by atoms with Gasteiger partial charge in [-0.15, -0.1) is 10.2 Å². The number of hydrogen-bond donors (Lipinski definition) is 1. The molecule has 4 rings (SSSR count). The molecule has 6 nitrogen and oxygen atoms in total. The minimum atomic E-state index is -0.180.